The summed E-state index contributed by atoms with van der Waals surface area (Å²) in [5.41, 5.74) is 7.43. The van der Waals surface area contributed by atoms with Crippen LogP contribution in [0.15, 0.2) is 29.2 Å². The summed E-state index contributed by atoms with van der Waals surface area (Å²) >= 11 is 1.79. The van der Waals surface area contributed by atoms with Crippen LogP contribution >= 0.6 is 11.8 Å². The fourth-order valence-electron chi connectivity index (χ4n) is 3.28. The van der Waals surface area contributed by atoms with Crippen molar-refractivity contribution in [3.8, 4) is 0 Å². The molecule has 1 aliphatic heterocycles. The van der Waals surface area contributed by atoms with E-state index in [9.17, 15) is 0 Å². The van der Waals surface area contributed by atoms with Crippen molar-refractivity contribution in [3.63, 3.8) is 0 Å². The van der Waals surface area contributed by atoms with Crippen LogP contribution in [-0.2, 0) is 0 Å². The molecule has 2 N–H and O–H groups in total. The molecule has 0 bridgehead atoms. The molecule has 0 amide bonds. The van der Waals surface area contributed by atoms with Crippen molar-refractivity contribution in [2.75, 3.05) is 25.9 Å². The zero-order chi connectivity index (χ0) is 14.4. The van der Waals surface area contributed by atoms with E-state index in [0.717, 1.165) is 12.5 Å². The first kappa shape index (κ1) is 15.9. The largest absolute Gasteiger partial charge is 0.329 e. The second-order valence-corrected chi connectivity index (χ2v) is 6.67. The van der Waals surface area contributed by atoms with E-state index in [1.165, 1.54) is 49.2 Å². The summed E-state index contributed by atoms with van der Waals surface area (Å²) in [5.74, 6) is 0.938. The summed E-state index contributed by atoms with van der Waals surface area (Å²) in [7, 11) is 0. The Morgan fingerprint density at radius 2 is 1.90 bits per heavy atom. The van der Waals surface area contributed by atoms with Gasteiger partial charge in [-0.05, 0) is 55.8 Å². The van der Waals surface area contributed by atoms with Crippen LogP contribution in [0.3, 0.4) is 0 Å². The fraction of sp³-hybridized carbons (Fsp3) is 0.647. The monoisotopic (exact) mass is 292 g/mol. The molecule has 1 unspecified atom stereocenters. The molecular formula is C17H28N2S. The SMILES string of the molecule is CCCC1CCN(C(CN)c2ccc(SC)cc2)CC1. The van der Waals surface area contributed by atoms with E-state index in [4.69, 9.17) is 5.73 Å². The summed E-state index contributed by atoms with van der Waals surface area (Å²) in [4.78, 5) is 3.91. The Balaban J connectivity index is 1.97. The summed E-state index contributed by atoms with van der Waals surface area (Å²) in [5, 5.41) is 0. The fourth-order valence-corrected chi connectivity index (χ4v) is 3.69. The van der Waals surface area contributed by atoms with E-state index in [-0.39, 0.29) is 0 Å². The third-order valence-corrected chi connectivity index (χ3v) is 5.25. The van der Waals surface area contributed by atoms with E-state index >= 15 is 0 Å². The van der Waals surface area contributed by atoms with Crippen molar-refractivity contribution in [1.82, 2.24) is 4.90 Å². The van der Waals surface area contributed by atoms with E-state index in [0.29, 0.717) is 6.04 Å². The quantitative estimate of drug-likeness (QED) is 0.806. The molecule has 1 aliphatic rings. The molecule has 1 heterocycles. The maximum absolute atomic E-state index is 6.05. The number of likely N-dealkylation sites (tertiary alicyclic amines) is 1. The highest BCUT2D eigenvalue weighted by Gasteiger charge is 2.24. The number of thioether (sulfide) groups is 1. The first-order valence-electron chi connectivity index (χ1n) is 7.86. The Morgan fingerprint density at radius 3 is 2.40 bits per heavy atom. The van der Waals surface area contributed by atoms with Gasteiger partial charge in [0.25, 0.3) is 0 Å². The second kappa shape index (κ2) is 8.06. The summed E-state index contributed by atoms with van der Waals surface area (Å²) in [6, 6.07) is 9.33. The minimum absolute atomic E-state index is 0.397. The average molecular weight is 292 g/mol. The highest BCUT2D eigenvalue weighted by Crippen LogP contribution is 2.29. The predicted molar refractivity (Wildman–Crippen MR) is 89.2 cm³/mol. The number of nitrogens with zero attached hydrogens (tertiary/aromatic N) is 1. The second-order valence-electron chi connectivity index (χ2n) is 5.79. The zero-order valence-electron chi connectivity index (χ0n) is 12.8. The summed E-state index contributed by atoms with van der Waals surface area (Å²) in [6.07, 6.45) is 7.51. The molecule has 112 valence electrons. The Morgan fingerprint density at radius 1 is 1.25 bits per heavy atom. The highest BCUT2D eigenvalue weighted by atomic mass is 32.2. The average Bonchev–Trinajstić information content (AvgIpc) is 2.51. The number of hydrogen-bond acceptors (Lipinski definition) is 3. The Kier molecular flexibility index (Phi) is 6.40. The lowest BCUT2D eigenvalue weighted by molar-refractivity contribution is 0.131. The molecule has 0 radical (unpaired) electrons. The molecule has 2 rings (SSSR count). The van der Waals surface area contributed by atoms with Crippen LogP contribution in [0.2, 0.25) is 0 Å². The Bertz CT molecular complexity index is 382. The zero-order valence-corrected chi connectivity index (χ0v) is 13.7. The number of hydrogen-bond donors (Lipinski definition) is 1. The first-order chi connectivity index (χ1) is 9.78. The van der Waals surface area contributed by atoms with Gasteiger partial charge in [0.2, 0.25) is 0 Å². The lowest BCUT2D eigenvalue weighted by Crippen LogP contribution is -2.39. The van der Waals surface area contributed by atoms with Gasteiger partial charge in [-0.2, -0.15) is 0 Å². The van der Waals surface area contributed by atoms with Crippen molar-refractivity contribution in [2.24, 2.45) is 11.7 Å². The smallest absolute Gasteiger partial charge is 0.0470 e. The lowest BCUT2D eigenvalue weighted by atomic mass is 9.91. The standard InChI is InChI=1S/C17H28N2S/c1-3-4-14-9-11-19(12-10-14)17(13-18)15-5-7-16(20-2)8-6-15/h5-8,14,17H,3-4,9-13,18H2,1-2H3. The summed E-state index contributed by atoms with van der Waals surface area (Å²) in [6.45, 7) is 5.42. The van der Waals surface area contributed by atoms with Gasteiger partial charge in [0.05, 0.1) is 0 Å². The van der Waals surface area contributed by atoms with Crippen LogP contribution in [-0.4, -0.2) is 30.8 Å². The third-order valence-electron chi connectivity index (χ3n) is 4.51. The van der Waals surface area contributed by atoms with Gasteiger partial charge in [-0.3, -0.25) is 4.90 Å². The molecule has 0 spiro atoms. The van der Waals surface area contributed by atoms with Crippen LogP contribution in [0.5, 0.6) is 0 Å². The predicted octanol–water partition coefficient (Wildman–Crippen LogP) is 3.92. The van der Waals surface area contributed by atoms with Gasteiger partial charge in [-0.25, -0.2) is 0 Å². The number of piperidine rings is 1. The summed E-state index contributed by atoms with van der Waals surface area (Å²) < 4.78 is 0. The van der Waals surface area contributed by atoms with Crippen LogP contribution in [0, 0.1) is 5.92 Å². The normalized spacial score (nSPS) is 19.1. The minimum atomic E-state index is 0.397. The molecule has 1 aromatic carbocycles. The van der Waals surface area contributed by atoms with Gasteiger partial charge < -0.3 is 5.73 Å². The van der Waals surface area contributed by atoms with Crippen molar-refractivity contribution >= 4 is 11.8 Å². The lowest BCUT2D eigenvalue weighted by Gasteiger charge is -2.37. The molecule has 0 aromatic heterocycles. The van der Waals surface area contributed by atoms with Gasteiger partial charge in [0, 0.05) is 17.5 Å². The van der Waals surface area contributed by atoms with E-state index in [1.54, 1.807) is 11.8 Å². The molecule has 2 nitrogen and oxygen atoms in total. The van der Waals surface area contributed by atoms with Gasteiger partial charge >= 0.3 is 0 Å². The maximum atomic E-state index is 6.05. The molecular weight excluding hydrogens is 264 g/mol. The van der Waals surface area contributed by atoms with E-state index in [1.807, 2.05) is 0 Å². The van der Waals surface area contributed by atoms with Crippen LogP contribution in [0.4, 0.5) is 0 Å². The molecule has 1 fully saturated rings. The van der Waals surface area contributed by atoms with Gasteiger partial charge in [0.15, 0.2) is 0 Å². The Labute approximate surface area is 128 Å². The van der Waals surface area contributed by atoms with Gasteiger partial charge in [0.1, 0.15) is 0 Å². The molecule has 3 heteroatoms. The van der Waals surface area contributed by atoms with Crippen molar-refractivity contribution in [3.05, 3.63) is 29.8 Å². The first-order valence-corrected chi connectivity index (χ1v) is 9.09. The molecule has 0 saturated carbocycles. The molecule has 20 heavy (non-hydrogen) atoms. The molecule has 1 atom stereocenters. The minimum Gasteiger partial charge on any atom is -0.329 e. The van der Waals surface area contributed by atoms with Crippen LogP contribution < -0.4 is 5.73 Å². The van der Waals surface area contributed by atoms with Crippen molar-refractivity contribution in [1.29, 1.82) is 0 Å². The number of nitrogens with two attached hydrogens (primary N) is 1. The molecule has 0 aliphatic carbocycles. The topological polar surface area (TPSA) is 29.3 Å². The van der Waals surface area contributed by atoms with Gasteiger partial charge in [-0.15, -0.1) is 11.8 Å². The van der Waals surface area contributed by atoms with Crippen molar-refractivity contribution < 1.29 is 0 Å². The van der Waals surface area contributed by atoms with Gasteiger partial charge in [-0.1, -0.05) is 31.9 Å². The van der Waals surface area contributed by atoms with E-state index < -0.39 is 0 Å². The molecule has 1 saturated heterocycles. The number of benzene rings is 1. The van der Waals surface area contributed by atoms with E-state index in [2.05, 4.69) is 42.3 Å². The highest BCUT2D eigenvalue weighted by molar-refractivity contribution is 7.98. The maximum Gasteiger partial charge on any atom is 0.0470 e. The number of rotatable bonds is 6. The third kappa shape index (κ3) is 4.00. The van der Waals surface area contributed by atoms with Crippen LogP contribution in [0.1, 0.15) is 44.2 Å². The van der Waals surface area contributed by atoms with Crippen LogP contribution in [0.25, 0.3) is 0 Å². The van der Waals surface area contributed by atoms with Crippen molar-refractivity contribution in [2.45, 2.75) is 43.5 Å². The Hall–Kier alpha value is -0.510. The molecule has 1 aromatic rings.